The Bertz CT molecular complexity index is 1150. The zero-order valence-corrected chi connectivity index (χ0v) is 16.4. The van der Waals surface area contributed by atoms with Gasteiger partial charge in [0.15, 0.2) is 0 Å². The predicted molar refractivity (Wildman–Crippen MR) is 112 cm³/mol. The average molecular weight is 390 g/mol. The summed E-state index contributed by atoms with van der Waals surface area (Å²) in [6, 6.07) is 12.2. The largest absolute Gasteiger partial charge is 0.495 e. The molecule has 1 saturated carbocycles. The Morgan fingerprint density at radius 2 is 2.24 bits per heavy atom. The number of nitrogens with zero attached hydrogens (tertiary/aromatic N) is 3. The number of benzene rings is 2. The number of hydrogen-bond acceptors (Lipinski definition) is 5. The van der Waals surface area contributed by atoms with Gasteiger partial charge in [-0.1, -0.05) is 18.2 Å². The molecular weight excluding hydrogens is 366 g/mol. The van der Waals surface area contributed by atoms with Crippen molar-refractivity contribution in [1.82, 2.24) is 9.78 Å². The van der Waals surface area contributed by atoms with E-state index in [1.807, 2.05) is 41.4 Å². The molecule has 3 atom stereocenters. The van der Waals surface area contributed by atoms with Gasteiger partial charge in [-0.3, -0.25) is 21.1 Å². The number of aliphatic imine (C=N–C) groups is 1. The number of aromatic nitrogens is 2. The average Bonchev–Trinajstić information content (AvgIpc) is 3.45. The lowest BCUT2D eigenvalue weighted by molar-refractivity contribution is -0.573. The lowest BCUT2D eigenvalue weighted by Crippen LogP contribution is -2.99. The van der Waals surface area contributed by atoms with E-state index in [4.69, 9.17) is 15.9 Å². The monoisotopic (exact) mass is 390 g/mol. The third-order valence-electron chi connectivity index (χ3n) is 5.75. The minimum Gasteiger partial charge on any atom is -0.495 e. The van der Waals surface area contributed by atoms with Gasteiger partial charge in [-0.15, -0.1) is 0 Å². The number of rotatable bonds is 3. The number of quaternary nitrogens is 1. The summed E-state index contributed by atoms with van der Waals surface area (Å²) in [5.74, 6) is 2.30. The number of hydrogen-bond donors (Lipinski definition) is 4. The van der Waals surface area contributed by atoms with Gasteiger partial charge in [0.05, 0.1) is 30.1 Å². The Morgan fingerprint density at radius 1 is 1.38 bits per heavy atom. The first-order valence-corrected chi connectivity index (χ1v) is 9.68. The second kappa shape index (κ2) is 6.68. The lowest BCUT2D eigenvalue weighted by Gasteiger charge is -2.24. The van der Waals surface area contributed by atoms with Crippen molar-refractivity contribution < 1.29 is 10.1 Å². The maximum absolute atomic E-state index is 8.59. The smallest absolute Gasteiger partial charge is 0.238 e. The molecule has 0 bridgehead atoms. The van der Waals surface area contributed by atoms with Gasteiger partial charge in [-0.2, -0.15) is 10.1 Å². The molecule has 1 aromatic heterocycles. The number of ether oxygens (including phenoxy) is 1. The summed E-state index contributed by atoms with van der Waals surface area (Å²) < 4.78 is 7.33. The number of nitrogens with two attached hydrogens (primary N) is 2. The molecule has 1 aliphatic heterocycles. The van der Waals surface area contributed by atoms with Crippen LogP contribution in [0.3, 0.4) is 0 Å². The third-order valence-corrected chi connectivity index (χ3v) is 5.75. The predicted octanol–water partition coefficient (Wildman–Crippen LogP) is 1.34. The van der Waals surface area contributed by atoms with Gasteiger partial charge in [-0.05, 0) is 36.1 Å². The highest BCUT2D eigenvalue weighted by Crippen LogP contribution is 2.48. The van der Waals surface area contributed by atoms with E-state index in [1.54, 1.807) is 7.11 Å². The summed E-state index contributed by atoms with van der Waals surface area (Å²) in [6.45, 7) is 0. The molecule has 0 spiro atoms. The van der Waals surface area contributed by atoms with Gasteiger partial charge < -0.3 is 10.1 Å². The molecule has 2 aliphatic rings. The summed E-state index contributed by atoms with van der Waals surface area (Å²) in [4.78, 5) is 4.66. The van der Waals surface area contributed by atoms with Crippen molar-refractivity contribution >= 4 is 28.3 Å². The number of nitrogens with one attached hydrogen (secondary N) is 2. The second-order valence-corrected chi connectivity index (χ2v) is 7.64. The van der Waals surface area contributed by atoms with Crippen molar-refractivity contribution in [2.75, 3.05) is 12.4 Å². The summed E-state index contributed by atoms with van der Waals surface area (Å²) in [7, 11) is 3.58. The molecule has 6 N–H and O–H groups in total. The van der Waals surface area contributed by atoms with Crippen LogP contribution in [0.1, 0.15) is 23.5 Å². The first kappa shape index (κ1) is 17.8. The van der Waals surface area contributed by atoms with Crippen LogP contribution in [-0.4, -0.2) is 34.9 Å². The van der Waals surface area contributed by atoms with E-state index in [0.29, 0.717) is 11.8 Å². The van der Waals surface area contributed by atoms with Crippen molar-refractivity contribution in [3.63, 3.8) is 0 Å². The molecule has 0 amide bonds. The summed E-state index contributed by atoms with van der Waals surface area (Å²) >= 11 is 0. The van der Waals surface area contributed by atoms with Crippen LogP contribution < -0.4 is 21.1 Å². The SMILES string of the molecule is COc1cccc2c1NC(N)[NH2+]C2=NC(=N)C1CC1c1ccc2cnn(C)c2c1. The van der Waals surface area contributed by atoms with Crippen LogP contribution in [0.5, 0.6) is 5.75 Å². The van der Waals surface area contributed by atoms with Gasteiger partial charge in [0.1, 0.15) is 11.6 Å². The highest BCUT2D eigenvalue weighted by atomic mass is 16.5. The van der Waals surface area contributed by atoms with Gasteiger partial charge in [0.25, 0.3) is 0 Å². The lowest BCUT2D eigenvalue weighted by atomic mass is 10.1. The minimum atomic E-state index is -0.368. The normalized spacial score (nSPS) is 24.2. The quantitative estimate of drug-likeness (QED) is 0.399. The second-order valence-electron chi connectivity index (χ2n) is 7.64. The third kappa shape index (κ3) is 3.06. The standard InChI is InChI=1S/C21H23N7O/c1-28-16-8-11(6-7-12(16)10-24-28)14-9-15(14)19(22)26-20-13-4-3-5-17(29-2)18(13)25-21(23)27-20/h3-8,10,14-15,21,25H,9,23H2,1-2H3,(H2,22,26,27)/p+1. The van der Waals surface area contributed by atoms with E-state index in [2.05, 4.69) is 33.6 Å². The highest BCUT2D eigenvalue weighted by Gasteiger charge is 2.42. The van der Waals surface area contributed by atoms with Crippen LogP contribution >= 0.6 is 0 Å². The number of methoxy groups -OCH3 is 1. The maximum atomic E-state index is 8.59. The van der Waals surface area contributed by atoms with Gasteiger partial charge in [0.2, 0.25) is 12.1 Å². The van der Waals surface area contributed by atoms with Gasteiger partial charge >= 0.3 is 0 Å². The molecule has 29 heavy (non-hydrogen) atoms. The van der Waals surface area contributed by atoms with E-state index in [9.17, 15) is 0 Å². The Balaban J connectivity index is 1.41. The molecule has 8 heteroatoms. The van der Waals surface area contributed by atoms with E-state index >= 15 is 0 Å². The Hall–Kier alpha value is -3.23. The minimum absolute atomic E-state index is 0.127. The molecule has 1 aliphatic carbocycles. The summed E-state index contributed by atoms with van der Waals surface area (Å²) in [5, 5.41) is 19.1. The van der Waals surface area contributed by atoms with Crippen LogP contribution in [0.2, 0.25) is 0 Å². The molecule has 2 heterocycles. The van der Waals surface area contributed by atoms with Crippen molar-refractivity contribution in [1.29, 1.82) is 5.41 Å². The molecule has 8 nitrogen and oxygen atoms in total. The molecule has 148 valence electrons. The number of aryl methyl sites for hydroxylation is 1. The van der Waals surface area contributed by atoms with Gasteiger partial charge in [-0.25, -0.2) is 0 Å². The van der Waals surface area contributed by atoms with E-state index < -0.39 is 0 Å². The molecule has 1 fully saturated rings. The van der Waals surface area contributed by atoms with Crippen LogP contribution in [0, 0.1) is 11.3 Å². The fraction of sp³-hybridized carbons (Fsp3) is 0.286. The Labute approximate surface area is 168 Å². The molecule has 5 rings (SSSR count). The van der Waals surface area contributed by atoms with E-state index in [1.165, 1.54) is 5.56 Å². The summed E-state index contributed by atoms with van der Waals surface area (Å²) in [5.41, 5.74) is 10.2. The zero-order valence-electron chi connectivity index (χ0n) is 16.4. The number of anilines is 1. The van der Waals surface area contributed by atoms with Crippen molar-refractivity contribution in [3.05, 3.63) is 53.7 Å². The molecular formula is C21H24N7O+. The van der Waals surface area contributed by atoms with E-state index in [0.717, 1.165) is 40.2 Å². The summed E-state index contributed by atoms with van der Waals surface area (Å²) in [6.07, 6.45) is 2.45. The molecule has 2 aromatic carbocycles. The Morgan fingerprint density at radius 3 is 3.07 bits per heavy atom. The number of amidine groups is 2. The first-order valence-electron chi connectivity index (χ1n) is 9.68. The molecule has 0 radical (unpaired) electrons. The highest BCUT2D eigenvalue weighted by molar-refractivity contribution is 6.06. The van der Waals surface area contributed by atoms with Gasteiger partial charge in [0, 0.05) is 18.4 Å². The van der Waals surface area contributed by atoms with Crippen molar-refractivity contribution in [2.45, 2.75) is 18.6 Å². The fourth-order valence-corrected chi connectivity index (χ4v) is 4.10. The topological polar surface area (TPSA) is 118 Å². The van der Waals surface area contributed by atoms with Crippen LogP contribution in [0.15, 0.2) is 47.6 Å². The fourth-order valence-electron chi connectivity index (χ4n) is 4.10. The van der Waals surface area contributed by atoms with Crippen molar-refractivity contribution in [3.8, 4) is 5.75 Å². The molecule has 3 aromatic rings. The molecule has 3 unspecified atom stereocenters. The maximum Gasteiger partial charge on any atom is 0.238 e. The zero-order chi connectivity index (χ0) is 20.1. The van der Waals surface area contributed by atoms with Crippen molar-refractivity contribution in [2.24, 2.45) is 23.7 Å². The van der Waals surface area contributed by atoms with Crippen LogP contribution in [0.25, 0.3) is 10.9 Å². The first-order chi connectivity index (χ1) is 14.0. The number of fused-ring (bicyclic) bond motifs is 2. The van der Waals surface area contributed by atoms with Crippen LogP contribution in [-0.2, 0) is 7.05 Å². The molecule has 0 saturated heterocycles. The van der Waals surface area contributed by atoms with Crippen LogP contribution in [0.4, 0.5) is 5.69 Å². The Kier molecular flexibility index (Phi) is 4.11. The number of para-hydroxylation sites is 1. The van der Waals surface area contributed by atoms with E-state index in [-0.39, 0.29) is 12.2 Å².